The lowest BCUT2D eigenvalue weighted by Crippen LogP contribution is -2.30. The smallest absolute Gasteiger partial charge is 0.312 e. The molecule has 1 aliphatic heterocycles. The largest absolute Gasteiger partial charge is 0.345 e. The molecule has 0 spiro atoms. The van der Waals surface area contributed by atoms with E-state index in [9.17, 15) is 10.1 Å². The third-order valence-electron chi connectivity index (χ3n) is 3.34. The van der Waals surface area contributed by atoms with E-state index in [0.717, 1.165) is 10.4 Å². The Morgan fingerprint density at radius 2 is 2.35 bits per heavy atom. The minimum atomic E-state index is -0.378. The molecule has 0 amide bonds. The van der Waals surface area contributed by atoms with Crippen molar-refractivity contribution in [2.45, 2.75) is 6.54 Å². The first-order chi connectivity index (χ1) is 11.1. The number of hydrogen-bond acceptors (Lipinski definition) is 6. The predicted molar refractivity (Wildman–Crippen MR) is 91.2 cm³/mol. The summed E-state index contributed by atoms with van der Waals surface area (Å²) in [4.78, 5) is 22.2. The molecular formula is C15H13ClN4O2S. The van der Waals surface area contributed by atoms with Gasteiger partial charge in [0.25, 0.3) is 0 Å². The number of pyridine rings is 1. The topological polar surface area (TPSA) is 71.6 Å². The van der Waals surface area contributed by atoms with E-state index < -0.39 is 0 Å². The molecule has 0 unspecified atom stereocenters. The van der Waals surface area contributed by atoms with E-state index in [1.807, 2.05) is 28.5 Å². The Balaban J connectivity index is 1.84. The van der Waals surface area contributed by atoms with Gasteiger partial charge < -0.3 is 4.90 Å². The Kier molecular flexibility index (Phi) is 4.68. The van der Waals surface area contributed by atoms with E-state index in [-0.39, 0.29) is 10.6 Å². The van der Waals surface area contributed by atoms with E-state index >= 15 is 0 Å². The number of nitrogens with zero attached hydrogens (tertiary/aromatic N) is 4. The van der Waals surface area contributed by atoms with Crippen LogP contribution in [0.25, 0.3) is 6.08 Å². The van der Waals surface area contributed by atoms with E-state index in [1.54, 1.807) is 18.3 Å². The third-order valence-corrected chi connectivity index (χ3v) is 4.38. The van der Waals surface area contributed by atoms with Crippen LogP contribution in [0.4, 0.5) is 0 Å². The number of hydrogen-bond donors (Lipinski definition) is 0. The molecule has 0 aromatic carbocycles. The van der Waals surface area contributed by atoms with Crippen LogP contribution in [0.1, 0.15) is 10.4 Å². The van der Waals surface area contributed by atoms with Gasteiger partial charge in [0.2, 0.25) is 5.84 Å². The molecular weight excluding hydrogens is 336 g/mol. The van der Waals surface area contributed by atoms with Crippen LogP contribution in [0, 0.1) is 10.1 Å². The molecule has 0 radical (unpaired) electrons. The van der Waals surface area contributed by atoms with Crippen LogP contribution in [0.15, 0.2) is 46.5 Å². The molecule has 2 aromatic heterocycles. The maximum atomic E-state index is 11.5. The van der Waals surface area contributed by atoms with Gasteiger partial charge in [-0.15, -0.1) is 11.3 Å². The van der Waals surface area contributed by atoms with Gasteiger partial charge in [-0.1, -0.05) is 23.7 Å². The average molecular weight is 349 g/mol. The second-order valence-corrected chi connectivity index (χ2v) is 6.28. The molecule has 0 aliphatic carbocycles. The number of thiophene rings is 1. The zero-order valence-corrected chi connectivity index (χ0v) is 13.6. The van der Waals surface area contributed by atoms with Crippen LogP contribution < -0.4 is 0 Å². The van der Waals surface area contributed by atoms with Crippen LogP contribution in [0.2, 0.25) is 5.15 Å². The summed E-state index contributed by atoms with van der Waals surface area (Å²) in [6.45, 7) is 1.71. The van der Waals surface area contributed by atoms with Crippen molar-refractivity contribution in [1.82, 2.24) is 9.88 Å². The van der Waals surface area contributed by atoms with Gasteiger partial charge in [-0.2, -0.15) is 0 Å². The normalized spacial score (nSPS) is 14.9. The predicted octanol–water partition coefficient (Wildman–Crippen LogP) is 3.33. The van der Waals surface area contributed by atoms with Gasteiger partial charge in [0.15, 0.2) is 0 Å². The van der Waals surface area contributed by atoms with Gasteiger partial charge in [0, 0.05) is 30.2 Å². The molecule has 2 aromatic rings. The summed E-state index contributed by atoms with van der Waals surface area (Å²) in [6.07, 6.45) is 3.25. The standard InChI is InChI=1S/C15H13ClN4O2S/c16-14-4-3-11(9-18-14)10-19-6-5-17-15(19)13(20(21)22)8-12-2-1-7-23-12/h1-4,7-9H,5-6,10H2/b13-8+. The van der Waals surface area contributed by atoms with Gasteiger partial charge in [0.05, 0.1) is 11.5 Å². The van der Waals surface area contributed by atoms with Crippen molar-refractivity contribution >= 4 is 34.8 Å². The molecule has 0 atom stereocenters. The van der Waals surface area contributed by atoms with Gasteiger partial charge in [-0.05, 0) is 23.1 Å². The van der Waals surface area contributed by atoms with Crippen molar-refractivity contribution in [1.29, 1.82) is 0 Å². The highest BCUT2D eigenvalue weighted by molar-refractivity contribution is 7.10. The molecule has 118 valence electrons. The number of nitro groups is 1. The molecule has 0 N–H and O–H groups in total. The summed E-state index contributed by atoms with van der Waals surface area (Å²) >= 11 is 7.24. The molecule has 0 saturated heterocycles. The molecule has 0 fully saturated rings. The van der Waals surface area contributed by atoms with Crippen molar-refractivity contribution in [3.05, 3.63) is 67.2 Å². The van der Waals surface area contributed by atoms with E-state index in [0.29, 0.717) is 30.6 Å². The van der Waals surface area contributed by atoms with Crippen LogP contribution in [-0.2, 0) is 6.54 Å². The van der Waals surface area contributed by atoms with E-state index in [1.165, 1.54) is 11.3 Å². The monoisotopic (exact) mass is 348 g/mol. The minimum Gasteiger partial charge on any atom is -0.345 e. The Labute approximate surface area is 141 Å². The fraction of sp³-hybridized carbons (Fsp3) is 0.200. The molecule has 1 aliphatic rings. The fourth-order valence-corrected chi connectivity index (χ4v) is 3.07. The van der Waals surface area contributed by atoms with Crippen LogP contribution >= 0.6 is 22.9 Å². The number of rotatable bonds is 5. The fourth-order valence-electron chi connectivity index (χ4n) is 2.31. The van der Waals surface area contributed by atoms with Crippen molar-refractivity contribution in [3.63, 3.8) is 0 Å². The van der Waals surface area contributed by atoms with Crippen LogP contribution in [-0.4, -0.2) is 33.7 Å². The van der Waals surface area contributed by atoms with Gasteiger partial charge in [-0.25, -0.2) is 4.98 Å². The lowest BCUT2D eigenvalue weighted by molar-refractivity contribution is -0.414. The number of halogens is 1. The molecule has 8 heteroatoms. The number of aromatic nitrogens is 1. The van der Waals surface area contributed by atoms with Crippen molar-refractivity contribution in [3.8, 4) is 0 Å². The zero-order valence-electron chi connectivity index (χ0n) is 12.1. The number of amidine groups is 1. The summed E-state index contributed by atoms with van der Waals surface area (Å²) in [5, 5.41) is 13.8. The SMILES string of the molecule is O=[N+]([O-])/C(=C/c1cccs1)C1=NCCN1Cc1ccc(Cl)nc1. The van der Waals surface area contributed by atoms with Crippen LogP contribution in [0.5, 0.6) is 0 Å². The zero-order chi connectivity index (χ0) is 16.2. The minimum absolute atomic E-state index is 0.0203. The maximum Gasteiger partial charge on any atom is 0.312 e. The van der Waals surface area contributed by atoms with Gasteiger partial charge in [0.1, 0.15) is 5.15 Å². The van der Waals surface area contributed by atoms with E-state index in [2.05, 4.69) is 9.98 Å². The van der Waals surface area contributed by atoms with Crippen LogP contribution in [0.3, 0.4) is 0 Å². The third kappa shape index (κ3) is 3.75. The summed E-state index contributed by atoms with van der Waals surface area (Å²) < 4.78 is 0. The van der Waals surface area contributed by atoms with Crippen molar-refractivity contribution < 1.29 is 4.92 Å². The summed E-state index contributed by atoms with van der Waals surface area (Å²) in [6, 6.07) is 7.28. The summed E-state index contributed by atoms with van der Waals surface area (Å²) in [7, 11) is 0. The molecule has 0 bridgehead atoms. The second kappa shape index (κ2) is 6.89. The Morgan fingerprint density at radius 1 is 1.48 bits per heavy atom. The molecule has 23 heavy (non-hydrogen) atoms. The Bertz CT molecular complexity index is 756. The molecule has 3 heterocycles. The second-order valence-electron chi connectivity index (χ2n) is 4.92. The quantitative estimate of drug-likeness (QED) is 0.472. The molecule has 0 saturated carbocycles. The Hall–Kier alpha value is -2.25. The Morgan fingerprint density at radius 3 is 3.00 bits per heavy atom. The molecule has 3 rings (SSSR count). The lowest BCUT2D eigenvalue weighted by Gasteiger charge is -2.18. The number of aliphatic imine (C=N–C) groups is 1. The maximum absolute atomic E-state index is 11.5. The highest BCUT2D eigenvalue weighted by Crippen LogP contribution is 2.20. The van der Waals surface area contributed by atoms with Crippen molar-refractivity contribution in [2.24, 2.45) is 4.99 Å². The average Bonchev–Trinajstić information content (AvgIpc) is 3.18. The highest BCUT2D eigenvalue weighted by atomic mass is 35.5. The lowest BCUT2D eigenvalue weighted by atomic mass is 10.2. The highest BCUT2D eigenvalue weighted by Gasteiger charge is 2.29. The first-order valence-electron chi connectivity index (χ1n) is 6.93. The summed E-state index contributed by atoms with van der Waals surface area (Å²) in [5.74, 6) is 0.415. The van der Waals surface area contributed by atoms with Gasteiger partial charge in [-0.3, -0.25) is 15.1 Å². The van der Waals surface area contributed by atoms with Crippen molar-refractivity contribution in [2.75, 3.05) is 13.1 Å². The first kappa shape index (κ1) is 15.6. The first-order valence-corrected chi connectivity index (χ1v) is 8.19. The summed E-state index contributed by atoms with van der Waals surface area (Å²) in [5.41, 5.74) is 0.953. The molecule has 6 nitrogen and oxygen atoms in total. The van der Waals surface area contributed by atoms with E-state index in [4.69, 9.17) is 11.6 Å². The van der Waals surface area contributed by atoms with Gasteiger partial charge >= 0.3 is 5.70 Å².